The van der Waals surface area contributed by atoms with Gasteiger partial charge in [0.05, 0.1) is 24.0 Å². The zero-order chi connectivity index (χ0) is 20.5. The van der Waals surface area contributed by atoms with E-state index in [2.05, 4.69) is 20.9 Å². The molecule has 148 valence electrons. The molecule has 0 fully saturated rings. The number of nitrogens with zero attached hydrogens (tertiary/aromatic N) is 3. The van der Waals surface area contributed by atoms with Crippen molar-refractivity contribution >= 4 is 44.8 Å². The summed E-state index contributed by atoms with van der Waals surface area (Å²) in [6, 6.07) is 14.5. The first-order valence-electron chi connectivity index (χ1n) is 8.62. The number of carbonyl (C=O) groups excluding carboxylic acids is 1. The van der Waals surface area contributed by atoms with Gasteiger partial charge in [0, 0.05) is 36.3 Å². The Hall–Kier alpha value is -3.20. The summed E-state index contributed by atoms with van der Waals surface area (Å²) < 4.78 is 8.63. The molecule has 0 aliphatic rings. The molecule has 9 heteroatoms. The number of ether oxygens (including phenoxy) is 1. The lowest BCUT2D eigenvalue weighted by molar-refractivity contribution is -0.384. The number of methoxy groups -OCH3 is 1. The van der Waals surface area contributed by atoms with E-state index < -0.39 is 4.92 Å². The molecule has 0 saturated heterocycles. The Kier molecular flexibility index (Phi) is 7.70. The highest BCUT2D eigenvalue weighted by Gasteiger charge is 2.09. The molecule has 1 aromatic heterocycles. The Labute approximate surface area is 166 Å². The number of hydrogen-bond donors (Lipinski definition) is 1. The van der Waals surface area contributed by atoms with Gasteiger partial charge >= 0.3 is 5.97 Å². The van der Waals surface area contributed by atoms with Crippen LogP contribution in [0.3, 0.4) is 0 Å². The first kappa shape index (κ1) is 21.1. The normalized spacial score (nSPS) is 10.1. The van der Waals surface area contributed by atoms with Gasteiger partial charge in [-0.2, -0.15) is 4.37 Å². The Balaban J connectivity index is 0.000000202. The van der Waals surface area contributed by atoms with E-state index in [1.54, 1.807) is 6.07 Å². The van der Waals surface area contributed by atoms with Gasteiger partial charge in [-0.1, -0.05) is 18.2 Å². The lowest BCUT2D eigenvalue weighted by atomic mass is 10.2. The summed E-state index contributed by atoms with van der Waals surface area (Å²) in [5, 5.41) is 11.6. The SMILES string of the molecule is CCN(CCC(=O)OC)c1ccccc1.Nc1snc2ccc([N+](=O)[O-])cc12. The van der Waals surface area contributed by atoms with Crippen LogP contribution < -0.4 is 10.6 Å². The number of hydrogen-bond acceptors (Lipinski definition) is 8. The predicted octanol–water partition coefficient (Wildman–Crippen LogP) is 3.86. The number of nitro benzene ring substituents is 1. The van der Waals surface area contributed by atoms with Gasteiger partial charge < -0.3 is 15.4 Å². The Morgan fingerprint density at radius 1 is 1.29 bits per heavy atom. The molecule has 0 unspecified atom stereocenters. The number of anilines is 2. The largest absolute Gasteiger partial charge is 0.469 e. The average Bonchev–Trinajstić information content (AvgIpc) is 3.10. The van der Waals surface area contributed by atoms with E-state index in [1.807, 2.05) is 30.3 Å². The van der Waals surface area contributed by atoms with E-state index in [0.29, 0.717) is 28.9 Å². The molecule has 2 aromatic carbocycles. The van der Waals surface area contributed by atoms with Crippen molar-refractivity contribution in [2.24, 2.45) is 0 Å². The Morgan fingerprint density at radius 2 is 2.00 bits per heavy atom. The van der Waals surface area contributed by atoms with Crippen LogP contribution in [0.25, 0.3) is 10.9 Å². The zero-order valence-corrected chi connectivity index (χ0v) is 16.5. The molecule has 0 bridgehead atoms. The maximum absolute atomic E-state index is 11.0. The summed E-state index contributed by atoms with van der Waals surface area (Å²) in [6.07, 6.45) is 0.430. The number of esters is 1. The molecule has 1 heterocycles. The van der Waals surface area contributed by atoms with Gasteiger partial charge in [0.1, 0.15) is 5.00 Å². The highest BCUT2D eigenvalue weighted by molar-refractivity contribution is 7.11. The van der Waals surface area contributed by atoms with E-state index >= 15 is 0 Å². The Morgan fingerprint density at radius 3 is 2.61 bits per heavy atom. The van der Waals surface area contributed by atoms with Gasteiger partial charge in [-0.05, 0) is 36.7 Å². The molecular weight excluding hydrogens is 380 g/mol. The van der Waals surface area contributed by atoms with Crippen molar-refractivity contribution in [2.75, 3.05) is 30.8 Å². The summed E-state index contributed by atoms with van der Waals surface area (Å²) in [5.74, 6) is -0.163. The second-order valence-corrected chi connectivity index (χ2v) is 6.55. The van der Waals surface area contributed by atoms with Gasteiger partial charge in [0.2, 0.25) is 0 Å². The molecule has 0 aliphatic carbocycles. The van der Waals surface area contributed by atoms with Crippen LogP contribution in [0, 0.1) is 10.1 Å². The fourth-order valence-corrected chi connectivity index (χ4v) is 3.12. The van der Waals surface area contributed by atoms with Gasteiger partial charge in [0.25, 0.3) is 5.69 Å². The molecule has 3 aromatic rings. The number of para-hydroxylation sites is 1. The Bertz CT molecular complexity index is 930. The van der Waals surface area contributed by atoms with Crippen LogP contribution in [0.1, 0.15) is 13.3 Å². The van der Waals surface area contributed by atoms with Gasteiger partial charge in [-0.25, -0.2) is 0 Å². The maximum Gasteiger partial charge on any atom is 0.307 e. The standard InChI is InChI=1S/C12H17NO2.C7H5N3O2S/c1-3-13(10-9-12(14)15-2)11-7-5-4-6-8-11;8-7-5-3-4(10(11)12)1-2-6(5)9-13-7/h4-8H,3,9-10H2,1-2H3;1-3H,8H2. The molecule has 0 aliphatic heterocycles. The number of nitrogens with two attached hydrogens (primary N) is 1. The molecule has 0 saturated carbocycles. The molecule has 0 spiro atoms. The van der Waals surface area contributed by atoms with E-state index in [0.717, 1.165) is 23.8 Å². The van der Waals surface area contributed by atoms with Crippen LogP contribution in [0.5, 0.6) is 0 Å². The monoisotopic (exact) mass is 402 g/mol. The molecule has 2 N–H and O–H groups in total. The lowest BCUT2D eigenvalue weighted by Crippen LogP contribution is -2.25. The minimum Gasteiger partial charge on any atom is -0.469 e. The summed E-state index contributed by atoms with van der Waals surface area (Å²) in [5.41, 5.74) is 7.46. The number of nitrogen functional groups attached to an aromatic ring is 1. The summed E-state index contributed by atoms with van der Waals surface area (Å²) in [7, 11) is 1.42. The predicted molar refractivity (Wildman–Crippen MR) is 112 cm³/mol. The van der Waals surface area contributed by atoms with Crippen molar-refractivity contribution < 1.29 is 14.5 Å². The third-order valence-electron chi connectivity index (χ3n) is 4.02. The van der Waals surface area contributed by atoms with Crippen LogP contribution in [0.15, 0.2) is 48.5 Å². The number of benzene rings is 2. The molecular formula is C19H22N4O4S. The van der Waals surface area contributed by atoms with Crippen molar-refractivity contribution in [3.63, 3.8) is 0 Å². The quantitative estimate of drug-likeness (QED) is 0.378. The number of non-ortho nitro benzene ring substituents is 1. The topological polar surface area (TPSA) is 112 Å². The minimum absolute atomic E-state index is 0.0411. The van der Waals surface area contributed by atoms with Gasteiger partial charge in [-0.15, -0.1) is 0 Å². The number of nitro groups is 1. The number of fused-ring (bicyclic) bond motifs is 1. The summed E-state index contributed by atoms with van der Waals surface area (Å²) >= 11 is 1.14. The number of aromatic nitrogens is 1. The number of rotatable bonds is 6. The van der Waals surface area contributed by atoms with Crippen LogP contribution in [-0.4, -0.2) is 35.5 Å². The average molecular weight is 402 g/mol. The molecule has 0 atom stereocenters. The van der Waals surface area contributed by atoms with Crippen LogP contribution >= 0.6 is 11.5 Å². The van der Waals surface area contributed by atoms with E-state index in [1.165, 1.54) is 19.2 Å². The summed E-state index contributed by atoms with van der Waals surface area (Å²) in [6.45, 7) is 3.67. The zero-order valence-electron chi connectivity index (χ0n) is 15.7. The highest BCUT2D eigenvalue weighted by Crippen LogP contribution is 2.27. The van der Waals surface area contributed by atoms with E-state index in [4.69, 9.17) is 5.73 Å². The van der Waals surface area contributed by atoms with Crippen molar-refractivity contribution in [3.8, 4) is 0 Å². The summed E-state index contributed by atoms with van der Waals surface area (Å²) in [4.78, 5) is 23.1. The van der Waals surface area contributed by atoms with Crippen LogP contribution in [0.4, 0.5) is 16.4 Å². The van der Waals surface area contributed by atoms with Crippen LogP contribution in [-0.2, 0) is 9.53 Å². The second-order valence-electron chi connectivity index (χ2n) is 5.75. The van der Waals surface area contributed by atoms with Crippen molar-refractivity contribution in [1.29, 1.82) is 0 Å². The lowest BCUT2D eigenvalue weighted by Gasteiger charge is -2.22. The van der Waals surface area contributed by atoms with E-state index in [9.17, 15) is 14.9 Å². The van der Waals surface area contributed by atoms with Crippen molar-refractivity contribution in [2.45, 2.75) is 13.3 Å². The van der Waals surface area contributed by atoms with Gasteiger partial charge in [0.15, 0.2) is 0 Å². The molecule has 28 heavy (non-hydrogen) atoms. The van der Waals surface area contributed by atoms with Crippen LogP contribution in [0.2, 0.25) is 0 Å². The third kappa shape index (κ3) is 5.65. The third-order valence-corrected chi connectivity index (χ3v) is 4.72. The van der Waals surface area contributed by atoms with Gasteiger partial charge in [-0.3, -0.25) is 14.9 Å². The van der Waals surface area contributed by atoms with E-state index in [-0.39, 0.29) is 11.7 Å². The first-order valence-corrected chi connectivity index (χ1v) is 9.39. The van der Waals surface area contributed by atoms with Crippen molar-refractivity contribution in [3.05, 3.63) is 58.6 Å². The minimum atomic E-state index is -0.448. The molecule has 3 rings (SSSR count). The second kappa shape index (κ2) is 10.2. The molecule has 8 nitrogen and oxygen atoms in total. The maximum atomic E-state index is 11.0. The smallest absolute Gasteiger partial charge is 0.307 e. The molecule has 0 radical (unpaired) electrons. The van der Waals surface area contributed by atoms with Crippen molar-refractivity contribution in [1.82, 2.24) is 4.37 Å². The highest BCUT2D eigenvalue weighted by atomic mass is 32.1. The molecule has 0 amide bonds. The number of carbonyl (C=O) groups is 1. The fourth-order valence-electron chi connectivity index (χ4n) is 2.50. The fraction of sp³-hybridized carbons (Fsp3) is 0.263. The first-order chi connectivity index (χ1) is 13.5.